The summed E-state index contributed by atoms with van der Waals surface area (Å²) in [4.78, 5) is 7.07. The van der Waals surface area contributed by atoms with Crippen molar-refractivity contribution in [1.82, 2.24) is 14.8 Å². The van der Waals surface area contributed by atoms with Crippen molar-refractivity contribution in [2.45, 2.75) is 58.8 Å². The van der Waals surface area contributed by atoms with E-state index in [1.807, 2.05) is 6.07 Å². The maximum absolute atomic E-state index is 13.6. The van der Waals surface area contributed by atoms with Crippen molar-refractivity contribution in [2.24, 2.45) is 5.92 Å². The van der Waals surface area contributed by atoms with Gasteiger partial charge >= 0.3 is 0 Å². The van der Waals surface area contributed by atoms with Gasteiger partial charge in [0.05, 0.1) is 28.6 Å². The van der Waals surface area contributed by atoms with Crippen LogP contribution in [0.2, 0.25) is 0 Å². The number of rotatable bonds is 8. The molecule has 4 rings (SSSR count). The van der Waals surface area contributed by atoms with Crippen LogP contribution < -0.4 is 4.90 Å². The fourth-order valence-corrected chi connectivity index (χ4v) is 4.40. The van der Waals surface area contributed by atoms with Gasteiger partial charge < -0.3 is 19.5 Å². The Balaban J connectivity index is 1.80. The van der Waals surface area contributed by atoms with Crippen molar-refractivity contribution >= 4 is 16.7 Å². The Hall–Kier alpha value is -2.55. The molecule has 1 N–H and O–H groups in total. The van der Waals surface area contributed by atoms with Gasteiger partial charge in [-0.25, -0.2) is 14.1 Å². The summed E-state index contributed by atoms with van der Waals surface area (Å²) in [5.41, 5.74) is 3.65. The van der Waals surface area contributed by atoms with Gasteiger partial charge in [0.25, 0.3) is 0 Å². The Bertz CT molecular complexity index is 1110. The van der Waals surface area contributed by atoms with E-state index in [2.05, 4.69) is 32.6 Å². The second kappa shape index (κ2) is 10.4. The van der Waals surface area contributed by atoms with Gasteiger partial charge in [0.15, 0.2) is 11.9 Å². The van der Waals surface area contributed by atoms with Crippen LogP contribution in [0.3, 0.4) is 0 Å². The molecule has 0 aliphatic carbocycles. The highest BCUT2D eigenvalue weighted by Gasteiger charge is 2.27. The third-order valence-corrected chi connectivity index (χ3v) is 6.21. The first-order valence-electron chi connectivity index (χ1n) is 12.0. The molecule has 2 aromatic heterocycles. The molecule has 1 aliphatic rings. The van der Waals surface area contributed by atoms with Crippen LogP contribution in [0.25, 0.3) is 16.7 Å². The number of hydrogen-bond acceptors (Lipinski definition) is 6. The van der Waals surface area contributed by atoms with E-state index in [-0.39, 0.29) is 17.8 Å². The zero-order chi connectivity index (χ0) is 24.4. The number of pyridine rings is 1. The molecule has 0 bridgehead atoms. The number of methoxy groups -OCH3 is 1. The minimum Gasteiger partial charge on any atom is -0.378 e. The first-order chi connectivity index (χ1) is 16.3. The molecule has 184 valence electrons. The molecule has 7 nitrogen and oxygen atoms in total. The van der Waals surface area contributed by atoms with E-state index < -0.39 is 6.29 Å². The molecular formula is C26H35FN4O3. The molecule has 1 aliphatic heterocycles. The Kier molecular flexibility index (Phi) is 7.50. The molecule has 1 fully saturated rings. The molecule has 0 saturated carbocycles. The van der Waals surface area contributed by atoms with Gasteiger partial charge in [-0.05, 0) is 55.0 Å². The van der Waals surface area contributed by atoms with E-state index in [1.165, 1.54) is 19.2 Å². The first-order valence-corrected chi connectivity index (χ1v) is 12.0. The van der Waals surface area contributed by atoms with E-state index in [1.54, 1.807) is 16.8 Å². The quantitative estimate of drug-likeness (QED) is 0.469. The molecular weight excluding hydrogens is 435 g/mol. The number of hydrogen-bond donors (Lipinski definition) is 1. The normalized spacial score (nSPS) is 16.2. The number of piperidine rings is 1. The number of aromatic nitrogens is 3. The van der Waals surface area contributed by atoms with Gasteiger partial charge in [0.2, 0.25) is 0 Å². The smallest absolute Gasteiger partial charge is 0.198 e. The van der Waals surface area contributed by atoms with Gasteiger partial charge in [-0.3, -0.25) is 0 Å². The van der Waals surface area contributed by atoms with Crippen molar-refractivity contribution in [3.63, 3.8) is 0 Å². The lowest BCUT2D eigenvalue weighted by Crippen LogP contribution is -2.37. The standard InChI is InChI=1S/C26H35FN4O3/c1-16(2)15-34-20-10-12-30(13-11-20)22-14-21(26(32)33-5)28-25-23(22)24(17(3)4)29-31(25)19-8-6-18(27)7-9-19/h6-9,14,16-17,20,26,32H,10-13,15H2,1-5H3. The second-order valence-corrected chi connectivity index (χ2v) is 9.69. The van der Waals surface area contributed by atoms with Gasteiger partial charge in [-0.2, -0.15) is 5.10 Å². The zero-order valence-electron chi connectivity index (χ0n) is 20.7. The van der Waals surface area contributed by atoms with Crippen LogP contribution in [0, 0.1) is 11.7 Å². The van der Waals surface area contributed by atoms with Crippen LogP contribution in [0.1, 0.15) is 64.1 Å². The van der Waals surface area contributed by atoms with Crippen LogP contribution in [0.15, 0.2) is 30.3 Å². The van der Waals surface area contributed by atoms with E-state index in [0.717, 1.165) is 49.3 Å². The second-order valence-electron chi connectivity index (χ2n) is 9.69. The Labute approximate surface area is 200 Å². The minimum absolute atomic E-state index is 0.148. The van der Waals surface area contributed by atoms with Crippen LogP contribution >= 0.6 is 0 Å². The number of benzene rings is 1. The van der Waals surface area contributed by atoms with E-state index >= 15 is 0 Å². The van der Waals surface area contributed by atoms with Gasteiger partial charge in [-0.1, -0.05) is 27.7 Å². The Morgan fingerprint density at radius 3 is 2.38 bits per heavy atom. The Morgan fingerprint density at radius 2 is 1.79 bits per heavy atom. The van der Waals surface area contributed by atoms with Crippen LogP contribution in [-0.4, -0.2) is 52.8 Å². The van der Waals surface area contributed by atoms with Gasteiger partial charge in [0.1, 0.15) is 11.5 Å². The lowest BCUT2D eigenvalue weighted by molar-refractivity contribution is -0.0796. The van der Waals surface area contributed by atoms with Crippen molar-refractivity contribution in [3.8, 4) is 5.69 Å². The highest BCUT2D eigenvalue weighted by molar-refractivity contribution is 5.94. The summed E-state index contributed by atoms with van der Waals surface area (Å²) in [7, 11) is 1.45. The predicted octanol–water partition coefficient (Wildman–Crippen LogP) is 4.96. The summed E-state index contributed by atoms with van der Waals surface area (Å²) in [6, 6.07) is 8.10. The van der Waals surface area contributed by atoms with E-state index in [9.17, 15) is 9.50 Å². The molecule has 34 heavy (non-hydrogen) atoms. The van der Waals surface area contributed by atoms with E-state index in [0.29, 0.717) is 22.9 Å². The molecule has 8 heteroatoms. The summed E-state index contributed by atoms with van der Waals surface area (Å²) in [5, 5.41) is 16.3. The molecule has 0 spiro atoms. The summed E-state index contributed by atoms with van der Waals surface area (Å²) in [6.07, 6.45) is 0.963. The maximum Gasteiger partial charge on any atom is 0.198 e. The molecule has 0 amide bonds. The average Bonchev–Trinajstić information content (AvgIpc) is 3.22. The molecule has 1 aromatic carbocycles. The number of anilines is 1. The zero-order valence-corrected chi connectivity index (χ0v) is 20.7. The summed E-state index contributed by atoms with van der Waals surface area (Å²) < 4.78 is 26.6. The molecule has 3 aromatic rings. The third kappa shape index (κ3) is 5.09. The number of aliphatic hydroxyl groups excluding tert-OH is 1. The molecule has 1 saturated heterocycles. The molecule has 0 radical (unpaired) electrons. The maximum atomic E-state index is 13.6. The highest BCUT2D eigenvalue weighted by atomic mass is 19.1. The van der Waals surface area contributed by atoms with Crippen LogP contribution in [0.5, 0.6) is 0 Å². The number of nitrogens with zero attached hydrogens (tertiary/aromatic N) is 4. The monoisotopic (exact) mass is 470 g/mol. The third-order valence-electron chi connectivity index (χ3n) is 6.21. The fraction of sp³-hybridized carbons (Fsp3) is 0.538. The number of fused-ring (bicyclic) bond motifs is 1. The molecule has 1 atom stereocenters. The van der Waals surface area contributed by atoms with Crippen molar-refractivity contribution < 1.29 is 19.0 Å². The van der Waals surface area contributed by atoms with Gasteiger partial charge in [0, 0.05) is 26.8 Å². The van der Waals surface area contributed by atoms with Crippen molar-refractivity contribution in [2.75, 3.05) is 31.7 Å². The van der Waals surface area contributed by atoms with Gasteiger partial charge in [-0.15, -0.1) is 0 Å². The lowest BCUT2D eigenvalue weighted by atomic mass is 10.0. The minimum atomic E-state index is -1.16. The number of aliphatic hydroxyl groups is 1. The molecule has 3 heterocycles. The molecule has 1 unspecified atom stereocenters. The van der Waals surface area contributed by atoms with Crippen molar-refractivity contribution in [3.05, 3.63) is 47.5 Å². The number of ether oxygens (including phenoxy) is 2. The SMILES string of the molecule is COC(O)c1cc(N2CCC(OCC(C)C)CC2)c2c(C(C)C)nn(-c3ccc(F)cc3)c2n1. The average molecular weight is 471 g/mol. The first kappa shape index (κ1) is 24.6. The lowest BCUT2D eigenvalue weighted by Gasteiger charge is -2.34. The fourth-order valence-electron chi connectivity index (χ4n) is 4.40. The van der Waals surface area contributed by atoms with Crippen molar-refractivity contribution in [1.29, 1.82) is 0 Å². The predicted molar refractivity (Wildman–Crippen MR) is 131 cm³/mol. The summed E-state index contributed by atoms with van der Waals surface area (Å²) >= 11 is 0. The van der Waals surface area contributed by atoms with Crippen LogP contribution in [0.4, 0.5) is 10.1 Å². The van der Waals surface area contributed by atoms with Crippen LogP contribution in [-0.2, 0) is 9.47 Å². The number of halogens is 1. The topological polar surface area (TPSA) is 72.6 Å². The van der Waals surface area contributed by atoms with E-state index in [4.69, 9.17) is 19.6 Å². The largest absolute Gasteiger partial charge is 0.378 e. The highest BCUT2D eigenvalue weighted by Crippen LogP contribution is 2.37. The Morgan fingerprint density at radius 1 is 1.12 bits per heavy atom. The summed E-state index contributed by atoms with van der Waals surface area (Å²) in [5.74, 6) is 0.354. The summed E-state index contributed by atoms with van der Waals surface area (Å²) in [6.45, 7) is 11.0.